The number of aromatic nitrogens is 2. The van der Waals surface area contributed by atoms with Gasteiger partial charge < -0.3 is 15.7 Å². The molecule has 4 nitrogen and oxygen atoms in total. The van der Waals surface area contributed by atoms with Gasteiger partial charge in [0, 0.05) is 5.02 Å². The van der Waals surface area contributed by atoms with Crippen LogP contribution in [0.2, 0.25) is 5.02 Å². The van der Waals surface area contributed by atoms with Gasteiger partial charge in [-0.15, -0.1) is 0 Å². The zero-order valence-corrected chi connectivity index (χ0v) is 12.9. The van der Waals surface area contributed by atoms with Crippen LogP contribution >= 0.6 is 22.1 Å². The summed E-state index contributed by atoms with van der Waals surface area (Å²) in [6, 6.07) is 5.28. The highest BCUT2D eigenvalue weighted by Gasteiger charge is 2.05. The van der Waals surface area contributed by atoms with Crippen LogP contribution in [0.3, 0.4) is 0 Å². The Hall–Kier alpha value is -1.56. The maximum Gasteiger partial charge on any atom is 0.259 e. The predicted octanol–water partition coefficient (Wildman–Crippen LogP) is 3.46. The molecule has 0 amide bonds. The van der Waals surface area contributed by atoms with E-state index in [0.29, 0.717) is 17.0 Å². The molecular formula is C15H16ClN3OS. The van der Waals surface area contributed by atoms with Crippen molar-refractivity contribution in [2.75, 3.05) is 6.54 Å². The molecule has 1 aliphatic heterocycles. The van der Waals surface area contributed by atoms with Crippen LogP contribution < -0.4 is 11.3 Å². The lowest BCUT2D eigenvalue weighted by atomic mass is 10.2. The zero-order valence-electron chi connectivity index (χ0n) is 11.4. The molecule has 1 aliphatic rings. The quantitative estimate of drug-likeness (QED) is 0.757. The van der Waals surface area contributed by atoms with E-state index in [1.807, 2.05) is 6.07 Å². The molecule has 0 saturated carbocycles. The second-order valence-electron chi connectivity index (χ2n) is 4.86. The highest BCUT2D eigenvalue weighted by atomic mass is 35.5. The van der Waals surface area contributed by atoms with E-state index in [4.69, 9.17) is 17.3 Å². The minimum atomic E-state index is -0.223. The van der Waals surface area contributed by atoms with Gasteiger partial charge in [0.25, 0.3) is 5.56 Å². The lowest BCUT2D eigenvalue weighted by molar-refractivity contribution is 0.838. The van der Waals surface area contributed by atoms with Crippen molar-refractivity contribution >= 4 is 33.0 Å². The molecule has 0 fully saturated rings. The Morgan fingerprint density at radius 1 is 1.29 bits per heavy atom. The van der Waals surface area contributed by atoms with E-state index < -0.39 is 0 Å². The third-order valence-corrected chi connectivity index (χ3v) is 5.21. The summed E-state index contributed by atoms with van der Waals surface area (Å²) in [6.45, 7) is 0.693. The SMILES string of the molecule is NCCCC1=CS(=c2[nH]c(=O)c3cc(Cl)ccc3[nH]2)C=C1. The first kappa shape index (κ1) is 14.4. The number of aromatic amines is 2. The number of fused-ring (bicyclic) bond motifs is 1. The lowest BCUT2D eigenvalue weighted by Crippen LogP contribution is -2.08. The summed E-state index contributed by atoms with van der Waals surface area (Å²) < 4.78 is 0.814. The van der Waals surface area contributed by atoms with Crippen molar-refractivity contribution in [3.8, 4) is 0 Å². The van der Waals surface area contributed by atoms with Gasteiger partial charge in [-0.05, 0) is 54.0 Å². The summed E-state index contributed by atoms with van der Waals surface area (Å²) in [6.07, 6.45) is 4.06. The van der Waals surface area contributed by atoms with Crippen molar-refractivity contribution in [3.63, 3.8) is 0 Å². The fraction of sp³-hybridized carbons (Fsp3) is 0.200. The van der Waals surface area contributed by atoms with Gasteiger partial charge in [-0.3, -0.25) is 4.79 Å². The molecule has 6 heteroatoms. The number of nitrogens with two attached hydrogens (primary N) is 1. The first-order chi connectivity index (χ1) is 10.2. The van der Waals surface area contributed by atoms with E-state index in [-0.39, 0.29) is 16.0 Å². The van der Waals surface area contributed by atoms with Gasteiger partial charge in [-0.2, -0.15) is 0 Å². The van der Waals surface area contributed by atoms with E-state index in [1.54, 1.807) is 12.1 Å². The number of H-pyrrole nitrogens is 2. The van der Waals surface area contributed by atoms with E-state index in [0.717, 1.165) is 23.1 Å². The van der Waals surface area contributed by atoms with Crippen molar-refractivity contribution in [1.29, 1.82) is 0 Å². The van der Waals surface area contributed by atoms with E-state index >= 15 is 0 Å². The summed E-state index contributed by atoms with van der Waals surface area (Å²) in [4.78, 5) is 18.4. The lowest BCUT2D eigenvalue weighted by Gasteiger charge is -2.01. The van der Waals surface area contributed by atoms with Crippen LogP contribution in [-0.4, -0.2) is 16.5 Å². The van der Waals surface area contributed by atoms with Gasteiger partial charge in [0.15, 0.2) is 0 Å². The smallest absolute Gasteiger partial charge is 0.259 e. The Kier molecular flexibility index (Phi) is 4.14. The van der Waals surface area contributed by atoms with Crippen molar-refractivity contribution < 1.29 is 0 Å². The number of hydrogen-bond donors (Lipinski definition) is 3. The summed E-state index contributed by atoms with van der Waals surface area (Å²) in [5.41, 5.74) is 7.48. The minimum Gasteiger partial charge on any atom is -0.336 e. The molecule has 0 saturated heterocycles. The Bertz CT molecular complexity index is 876. The molecule has 2 heterocycles. The fourth-order valence-electron chi connectivity index (χ4n) is 2.23. The van der Waals surface area contributed by atoms with Gasteiger partial charge in [-0.25, -0.2) is 0 Å². The Balaban J connectivity index is 2.12. The first-order valence-corrected chi connectivity index (χ1v) is 8.46. The summed E-state index contributed by atoms with van der Waals surface area (Å²) in [5, 5.41) is 5.42. The van der Waals surface area contributed by atoms with Gasteiger partial charge in [0.1, 0.15) is 4.77 Å². The van der Waals surface area contributed by atoms with E-state index in [9.17, 15) is 4.79 Å². The monoisotopic (exact) mass is 321 g/mol. The van der Waals surface area contributed by atoms with E-state index in [2.05, 4.69) is 26.9 Å². The highest BCUT2D eigenvalue weighted by Crippen LogP contribution is 2.31. The molecular weight excluding hydrogens is 306 g/mol. The van der Waals surface area contributed by atoms with Crippen LogP contribution in [0, 0.1) is 4.77 Å². The summed E-state index contributed by atoms with van der Waals surface area (Å²) in [5.74, 6) is 0. The molecule has 0 radical (unpaired) electrons. The molecule has 0 aliphatic carbocycles. The van der Waals surface area contributed by atoms with Crippen molar-refractivity contribution in [3.05, 3.63) is 60.8 Å². The van der Waals surface area contributed by atoms with Gasteiger partial charge in [0.2, 0.25) is 0 Å². The molecule has 3 rings (SSSR count). The third kappa shape index (κ3) is 3.05. The number of rotatable bonds is 3. The number of hydrogen-bond acceptors (Lipinski definition) is 2. The average Bonchev–Trinajstić information content (AvgIpc) is 2.94. The van der Waals surface area contributed by atoms with Crippen LogP contribution in [-0.2, 0) is 0 Å². The van der Waals surface area contributed by atoms with Crippen molar-refractivity contribution in [2.24, 2.45) is 5.73 Å². The molecule has 2 aromatic rings. The third-order valence-electron chi connectivity index (χ3n) is 3.31. The number of halogens is 1. The topological polar surface area (TPSA) is 74.7 Å². The maximum absolute atomic E-state index is 12.2. The molecule has 0 bridgehead atoms. The predicted molar refractivity (Wildman–Crippen MR) is 90.3 cm³/mol. The van der Waals surface area contributed by atoms with E-state index in [1.165, 1.54) is 5.57 Å². The number of allylic oxidation sites excluding steroid dienone is 2. The van der Waals surface area contributed by atoms with Gasteiger partial charge in [-0.1, -0.05) is 28.2 Å². The average molecular weight is 322 g/mol. The van der Waals surface area contributed by atoms with Crippen LogP contribution in [0.1, 0.15) is 12.8 Å². The summed E-state index contributed by atoms with van der Waals surface area (Å²) in [7, 11) is -0.223. The fourth-order valence-corrected chi connectivity index (χ4v) is 4.02. The summed E-state index contributed by atoms with van der Waals surface area (Å²) >= 11 is 5.93. The molecule has 0 spiro atoms. The van der Waals surface area contributed by atoms with Crippen molar-refractivity contribution in [2.45, 2.75) is 12.8 Å². The van der Waals surface area contributed by atoms with Crippen LogP contribution in [0.5, 0.6) is 0 Å². The minimum absolute atomic E-state index is 0.119. The van der Waals surface area contributed by atoms with Crippen molar-refractivity contribution in [1.82, 2.24) is 9.97 Å². The molecule has 21 heavy (non-hydrogen) atoms. The van der Waals surface area contributed by atoms with Crippen LogP contribution in [0.15, 0.2) is 45.5 Å². The van der Waals surface area contributed by atoms with Gasteiger partial charge in [0.05, 0.1) is 10.9 Å². The molecule has 1 aromatic carbocycles. The highest BCUT2D eigenvalue weighted by molar-refractivity contribution is 8.14. The second kappa shape index (κ2) is 6.05. The van der Waals surface area contributed by atoms with Crippen LogP contribution in [0.4, 0.5) is 0 Å². The first-order valence-electron chi connectivity index (χ1n) is 6.73. The van der Waals surface area contributed by atoms with Crippen LogP contribution in [0.25, 0.3) is 10.9 Å². The molecule has 1 aromatic heterocycles. The standard InChI is InChI=1S/C15H16ClN3OS/c16-11-3-4-13-12(8-11)14(20)19-15(18-13)21-7-5-10(9-21)2-1-6-17/h3-5,7-9,18H,1-2,6,17H2,(H,19,20). The van der Waals surface area contributed by atoms with Gasteiger partial charge >= 0.3 is 0 Å². The largest absolute Gasteiger partial charge is 0.336 e. The normalized spacial score (nSPS) is 18.3. The second-order valence-corrected chi connectivity index (χ2v) is 6.95. The number of nitrogens with one attached hydrogen (secondary N) is 2. The molecule has 1 unspecified atom stereocenters. The number of benzene rings is 1. The Labute approximate surface area is 129 Å². The Morgan fingerprint density at radius 2 is 2.14 bits per heavy atom. The zero-order chi connectivity index (χ0) is 14.8. The maximum atomic E-state index is 12.2. The Morgan fingerprint density at radius 3 is 2.95 bits per heavy atom. The molecule has 110 valence electrons. The molecule has 4 N–H and O–H groups in total. The molecule has 1 atom stereocenters.